The molecule has 110 valence electrons. The van der Waals surface area contributed by atoms with E-state index in [1.165, 1.54) is 6.07 Å². The third-order valence-electron chi connectivity index (χ3n) is 3.94. The minimum absolute atomic E-state index is 0.165. The van der Waals surface area contributed by atoms with Gasteiger partial charge in [-0.15, -0.1) is 0 Å². The van der Waals surface area contributed by atoms with Gasteiger partial charge in [0.15, 0.2) is 5.78 Å². The molecule has 1 aromatic carbocycles. The number of carbonyl (C=O) groups excluding carboxylic acids is 1. The van der Waals surface area contributed by atoms with Crippen LogP contribution in [0.2, 0.25) is 0 Å². The lowest BCUT2D eigenvalue weighted by molar-refractivity contribution is -0.129. The fourth-order valence-corrected chi connectivity index (χ4v) is 2.88. The number of carbonyl (C=O) groups is 1. The van der Waals surface area contributed by atoms with Gasteiger partial charge in [-0.05, 0) is 47.5 Å². The molecule has 0 unspecified atom stereocenters. The van der Waals surface area contributed by atoms with Gasteiger partial charge < -0.3 is 5.32 Å². The van der Waals surface area contributed by atoms with Gasteiger partial charge in [-0.2, -0.15) is 0 Å². The second-order valence-corrected chi connectivity index (χ2v) is 6.50. The second kappa shape index (κ2) is 6.33. The first-order chi connectivity index (χ1) is 9.41. The summed E-state index contributed by atoms with van der Waals surface area (Å²) in [6.07, 6.45) is 0.329. The quantitative estimate of drug-likeness (QED) is 0.911. The second-order valence-electron chi connectivity index (χ2n) is 5.64. The highest BCUT2D eigenvalue weighted by Crippen LogP contribution is 2.21. The maximum Gasteiger partial charge on any atom is 0.156 e. The molecule has 0 bridgehead atoms. The number of nitrogens with zero attached hydrogens (tertiary/aromatic N) is 1. The van der Waals surface area contributed by atoms with Gasteiger partial charge in [0.05, 0.1) is 10.0 Å². The van der Waals surface area contributed by atoms with E-state index >= 15 is 0 Å². The molecule has 0 spiro atoms. The first-order valence-electron chi connectivity index (χ1n) is 6.84. The molecular formula is C15H20BrFN2O. The van der Waals surface area contributed by atoms with Crippen LogP contribution in [-0.2, 0) is 11.2 Å². The largest absolute Gasteiger partial charge is 0.314 e. The molecule has 1 heterocycles. The van der Waals surface area contributed by atoms with E-state index in [1.807, 2.05) is 13.8 Å². The van der Waals surface area contributed by atoms with Crippen LogP contribution in [0, 0.1) is 5.82 Å². The van der Waals surface area contributed by atoms with E-state index in [-0.39, 0.29) is 11.6 Å². The van der Waals surface area contributed by atoms with Crippen LogP contribution < -0.4 is 5.32 Å². The van der Waals surface area contributed by atoms with E-state index in [0.717, 1.165) is 31.7 Å². The van der Waals surface area contributed by atoms with E-state index in [2.05, 4.69) is 26.1 Å². The Morgan fingerprint density at radius 1 is 1.40 bits per heavy atom. The molecule has 0 amide bonds. The van der Waals surface area contributed by atoms with Crippen LogP contribution in [0.25, 0.3) is 0 Å². The highest BCUT2D eigenvalue weighted by Gasteiger charge is 2.34. The zero-order valence-corrected chi connectivity index (χ0v) is 13.5. The maximum absolute atomic E-state index is 13.2. The Hall–Kier alpha value is -0.780. The summed E-state index contributed by atoms with van der Waals surface area (Å²) in [5.74, 6) is -0.138. The first kappa shape index (κ1) is 15.6. The maximum atomic E-state index is 13.2. The molecule has 1 fully saturated rings. The Kier molecular flexibility index (Phi) is 4.94. The first-order valence-corrected chi connectivity index (χ1v) is 7.63. The van der Waals surface area contributed by atoms with Crippen molar-refractivity contribution in [3.63, 3.8) is 0 Å². The van der Waals surface area contributed by atoms with Crippen molar-refractivity contribution in [2.75, 3.05) is 26.2 Å². The number of nitrogens with one attached hydrogen (secondary N) is 1. The average Bonchev–Trinajstić information content (AvgIpc) is 2.44. The zero-order chi connectivity index (χ0) is 14.8. The molecule has 1 aliphatic rings. The number of benzene rings is 1. The molecule has 1 aromatic rings. The molecule has 1 aliphatic heterocycles. The minimum Gasteiger partial charge on any atom is -0.314 e. The fraction of sp³-hybridized carbons (Fsp3) is 0.533. The summed E-state index contributed by atoms with van der Waals surface area (Å²) in [6, 6.07) is 4.75. The Labute approximate surface area is 127 Å². The summed E-state index contributed by atoms with van der Waals surface area (Å²) in [5.41, 5.74) is 0.356. The lowest BCUT2D eigenvalue weighted by atomic mass is 9.91. The Morgan fingerprint density at radius 3 is 2.65 bits per heavy atom. The summed E-state index contributed by atoms with van der Waals surface area (Å²) in [5, 5.41) is 3.29. The van der Waals surface area contributed by atoms with Gasteiger partial charge in [0, 0.05) is 32.6 Å². The summed E-state index contributed by atoms with van der Waals surface area (Å²) in [7, 11) is 0. The third-order valence-corrected chi connectivity index (χ3v) is 4.55. The Bertz CT molecular complexity index is 499. The van der Waals surface area contributed by atoms with Crippen LogP contribution in [-0.4, -0.2) is 42.4 Å². The van der Waals surface area contributed by atoms with Gasteiger partial charge >= 0.3 is 0 Å². The topological polar surface area (TPSA) is 32.3 Å². The van der Waals surface area contributed by atoms with Gasteiger partial charge in [0.25, 0.3) is 0 Å². The molecular weight excluding hydrogens is 323 g/mol. The van der Waals surface area contributed by atoms with Crippen LogP contribution in [0.4, 0.5) is 4.39 Å². The average molecular weight is 343 g/mol. The predicted molar refractivity (Wildman–Crippen MR) is 81.3 cm³/mol. The fourth-order valence-electron chi connectivity index (χ4n) is 2.45. The lowest BCUT2D eigenvalue weighted by Gasteiger charge is -2.40. The highest BCUT2D eigenvalue weighted by molar-refractivity contribution is 9.10. The Morgan fingerprint density at radius 2 is 2.05 bits per heavy atom. The van der Waals surface area contributed by atoms with E-state index in [0.29, 0.717) is 10.9 Å². The molecule has 5 heteroatoms. The van der Waals surface area contributed by atoms with Gasteiger partial charge in [-0.1, -0.05) is 6.07 Å². The third kappa shape index (κ3) is 3.45. The van der Waals surface area contributed by atoms with Crippen LogP contribution in [0.5, 0.6) is 0 Å². The molecule has 1 N–H and O–H groups in total. The Balaban J connectivity index is 2.07. The van der Waals surface area contributed by atoms with Crippen molar-refractivity contribution < 1.29 is 9.18 Å². The standard InChI is InChI=1S/C15H20BrFN2O/c1-15(2,19-7-5-18-6-8-19)14(20)10-11-3-4-13(17)12(16)9-11/h3-4,9,18H,5-8,10H2,1-2H3. The summed E-state index contributed by atoms with van der Waals surface area (Å²) < 4.78 is 13.6. The van der Waals surface area contributed by atoms with Crippen molar-refractivity contribution in [2.24, 2.45) is 0 Å². The lowest BCUT2D eigenvalue weighted by Crippen LogP contribution is -2.57. The van der Waals surface area contributed by atoms with E-state index < -0.39 is 5.54 Å². The SMILES string of the molecule is CC(C)(C(=O)Cc1ccc(F)c(Br)c1)N1CCNCC1. The van der Waals surface area contributed by atoms with Crippen LogP contribution in [0.1, 0.15) is 19.4 Å². The molecule has 2 rings (SSSR count). The number of Topliss-reactive ketones (excluding diaryl/α,β-unsaturated/α-hetero) is 1. The minimum atomic E-state index is -0.483. The number of ketones is 1. The molecule has 0 aliphatic carbocycles. The summed E-state index contributed by atoms with van der Waals surface area (Å²) in [6.45, 7) is 7.54. The van der Waals surface area contributed by atoms with Crippen molar-refractivity contribution >= 4 is 21.7 Å². The normalized spacial score (nSPS) is 17.2. The van der Waals surface area contributed by atoms with E-state index in [4.69, 9.17) is 0 Å². The van der Waals surface area contributed by atoms with Gasteiger partial charge in [-0.3, -0.25) is 9.69 Å². The summed E-state index contributed by atoms with van der Waals surface area (Å²) in [4.78, 5) is 14.8. The number of hydrogen-bond acceptors (Lipinski definition) is 3. The monoisotopic (exact) mass is 342 g/mol. The number of hydrogen-bond donors (Lipinski definition) is 1. The van der Waals surface area contributed by atoms with Crippen LogP contribution in [0.3, 0.4) is 0 Å². The molecule has 1 saturated heterocycles. The molecule has 0 atom stereocenters. The summed E-state index contributed by atoms with van der Waals surface area (Å²) >= 11 is 3.16. The van der Waals surface area contributed by atoms with Crippen LogP contribution in [0.15, 0.2) is 22.7 Å². The van der Waals surface area contributed by atoms with Crippen molar-refractivity contribution in [3.8, 4) is 0 Å². The highest BCUT2D eigenvalue weighted by atomic mass is 79.9. The van der Waals surface area contributed by atoms with Crippen molar-refractivity contribution in [3.05, 3.63) is 34.1 Å². The van der Waals surface area contributed by atoms with Crippen molar-refractivity contribution in [1.29, 1.82) is 0 Å². The smallest absolute Gasteiger partial charge is 0.156 e. The van der Waals surface area contributed by atoms with Gasteiger partial charge in [0.1, 0.15) is 5.82 Å². The molecule has 0 aromatic heterocycles. The number of rotatable bonds is 4. The molecule has 3 nitrogen and oxygen atoms in total. The molecule has 0 radical (unpaired) electrons. The van der Waals surface area contributed by atoms with Crippen molar-refractivity contribution in [1.82, 2.24) is 10.2 Å². The number of piperazine rings is 1. The van der Waals surface area contributed by atoms with Gasteiger partial charge in [0.2, 0.25) is 0 Å². The predicted octanol–water partition coefficient (Wildman–Crippen LogP) is 2.38. The molecule has 20 heavy (non-hydrogen) atoms. The zero-order valence-electron chi connectivity index (χ0n) is 11.9. The van der Waals surface area contributed by atoms with Gasteiger partial charge in [-0.25, -0.2) is 4.39 Å². The van der Waals surface area contributed by atoms with Crippen LogP contribution >= 0.6 is 15.9 Å². The molecule has 0 saturated carbocycles. The van der Waals surface area contributed by atoms with E-state index in [1.54, 1.807) is 12.1 Å². The van der Waals surface area contributed by atoms with Crippen molar-refractivity contribution in [2.45, 2.75) is 25.8 Å². The number of halogens is 2. The van der Waals surface area contributed by atoms with E-state index in [9.17, 15) is 9.18 Å².